The van der Waals surface area contributed by atoms with Crippen LogP contribution in [0.15, 0.2) is 44.7 Å². The van der Waals surface area contributed by atoms with Gasteiger partial charge in [0.25, 0.3) is 5.56 Å². The first-order chi connectivity index (χ1) is 15.5. The van der Waals surface area contributed by atoms with Crippen LogP contribution in [0.5, 0.6) is 5.75 Å². The van der Waals surface area contributed by atoms with Gasteiger partial charge < -0.3 is 9.84 Å². The van der Waals surface area contributed by atoms with Crippen molar-refractivity contribution in [2.45, 2.75) is 32.8 Å². The Labute approximate surface area is 200 Å². The molecule has 2 aromatic carbocycles. The van der Waals surface area contributed by atoms with Gasteiger partial charge in [-0.1, -0.05) is 41.4 Å². The predicted molar refractivity (Wildman–Crippen MR) is 127 cm³/mol. The number of nitro groups is 1. The van der Waals surface area contributed by atoms with E-state index in [0.29, 0.717) is 21.2 Å². The van der Waals surface area contributed by atoms with E-state index in [1.54, 1.807) is 18.2 Å². The quantitative estimate of drug-likeness (QED) is 0.264. The number of carbonyl (C=O) groups is 1. The van der Waals surface area contributed by atoms with Gasteiger partial charge in [0.2, 0.25) is 5.75 Å². The molecule has 172 valence electrons. The zero-order valence-electron chi connectivity index (χ0n) is 17.7. The number of aliphatic carboxylic acids is 1. The molecule has 10 nitrogen and oxygen atoms in total. The van der Waals surface area contributed by atoms with Crippen LogP contribution in [0.2, 0.25) is 5.02 Å². The summed E-state index contributed by atoms with van der Waals surface area (Å²) in [4.78, 5) is 39.5. The van der Waals surface area contributed by atoms with E-state index in [4.69, 9.17) is 21.4 Å². The van der Waals surface area contributed by atoms with Crippen molar-refractivity contribution in [1.29, 1.82) is 0 Å². The Hall–Kier alpha value is -3.31. The largest absolute Gasteiger partial charge is 0.479 e. The minimum absolute atomic E-state index is 0.144. The molecule has 0 aliphatic carbocycles. The molecular weight excluding hydrogens is 520 g/mol. The van der Waals surface area contributed by atoms with Crippen LogP contribution in [0.1, 0.15) is 38.1 Å². The number of fused-ring (bicyclic) bond motifs is 1. The lowest BCUT2D eigenvalue weighted by Crippen LogP contribution is -2.23. The maximum Gasteiger partial charge on any atom is 0.344 e. The zero-order chi connectivity index (χ0) is 24.4. The van der Waals surface area contributed by atoms with Crippen LogP contribution in [0, 0.1) is 10.1 Å². The monoisotopic (exact) mass is 536 g/mol. The van der Waals surface area contributed by atoms with E-state index >= 15 is 0 Å². The molecule has 33 heavy (non-hydrogen) atoms. The standard InChI is InChI=1S/C21H18BrClN4O6/c1-10(2)19-25-16-5-4-13(22)8-14(16)20(28)26(19)24-9-12-6-15(23)18(17(7-12)27(31)32)33-11(3)21(29)30/h4-11H,1-3H3,(H,29,30)/t11-/m0/s1. The Balaban J connectivity index is 2.12. The smallest absolute Gasteiger partial charge is 0.344 e. The molecule has 3 rings (SSSR count). The third-order valence-corrected chi connectivity index (χ3v) is 5.33. The van der Waals surface area contributed by atoms with Crippen molar-refractivity contribution < 1.29 is 19.6 Å². The Morgan fingerprint density at radius 2 is 2.03 bits per heavy atom. The normalized spacial score (nSPS) is 12.4. The molecule has 1 atom stereocenters. The molecule has 0 saturated heterocycles. The van der Waals surface area contributed by atoms with Crippen LogP contribution in [0.4, 0.5) is 5.69 Å². The summed E-state index contributed by atoms with van der Waals surface area (Å²) in [6, 6.07) is 7.60. The van der Waals surface area contributed by atoms with E-state index in [2.05, 4.69) is 26.0 Å². The molecule has 0 unspecified atom stereocenters. The van der Waals surface area contributed by atoms with Crippen LogP contribution in [0.25, 0.3) is 10.9 Å². The summed E-state index contributed by atoms with van der Waals surface area (Å²) in [6.45, 7) is 4.94. The number of hydrogen-bond acceptors (Lipinski definition) is 7. The van der Waals surface area contributed by atoms with E-state index in [-0.39, 0.29) is 22.3 Å². The first kappa shape index (κ1) is 24.3. The fourth-order valence-electron chi connectivity index (χ4n) is 2.93. The highest BCUT2D eigenvalue weighted by atomic mass is 79.9. The second-order valence-corrected chi connectivity index (χ2v) is 8.68. The zero-order valence-corrected chi connectivity index (χ0v) is 20.0. The van der Waals surface area contributed by atoms with Gasteiger partial charge in [-0.3, -0.25) is 14.9 Å². The molecule has 0 aliphatic rings. The average Bonchev–Trinajstić information content (AvgIpc) is 2.74. The summed E-state index contributed by atoms with van der Waals surface area (Å²) in [7, 11) is 0. The van der Waals surface area contributed by atoms with Crippen molar-refractivity contribution in [2.75, 3.05) is 0 Å². The number of aromatic nitrogens is 2. The maximum atomic E-state index is 13.1. The highest BCUT2D eigenvalue weighted by Crippen LogP contribution is 2.36. The first-order valence-corrected chi connectivity index (χ1v) is 10.8. The lowest BCUT2D eigenvalue weighted by Gasteiger charge is -2.13. The highest BCUT2D eigenvalue weighted by Gasteiger charge is 2.24. The summed E-state index contributed by atoms with van der Waals surface area (Å²) < 4.78 is 7.00. The van der Waals surface area contributed by atoms with E-state index in [9.17, 15) is 19.7 Å². The molecule has 3 aromatic rings. The van der Waals surface area contributed by atoms with Gasteiger partial charge in [-0.25, -0.2) is 9.78 Å². The van der Waals surface area contributed by atoms with Gasteiger partial charge in [0.05, 0.1) is 27.1 Å². The van der Waals surface area contributed by atoms with Gasteiger partial charge in [0.1, 0.15) is 5.82 Å². The van der Waals surface area contributed by atoms with Gasteiger partial charge in [-0.05, 0) is 31.2 Å². The van der Waals surface area contributed by atoms with Crippen molar-refractivity contribution in [1.82, 2.24) is 9.66 Å². The van der Waals surface area contributed by atoms with Crippen molar-refractivity contribution in [2.24, 2.45) is 5.10 Å². The predicted octanol–water partition coefficient (Wildman–Crippen LogP) is 4.58. The summed E-state index contributed by atoms with van der Waals surface area (Å²) in [6.07, 6.45) is -0.113. The summed E-state index contributed by atoms with van der Waals surface area (Å²) >= 11 is 9.48. The van der Waals surface area contributed by atoms with E-state index in [0.717, 1.165) is 10.7 Å². The number of halogens is 2. The van der Waals surface area contributed by atoms with Gasteiger partial charge >= 0.3 is 11.7 Å². The molecule has 0 radical (unpaired) electrons. The fraction of sp³-hybridized carbons (Fsp3) is 0.238. The molecule has 0 amide bonds. The van der Waals surface area contributed by atoms with Crippen LogP contribution in [0.3, 0.4) is 0 Å². The number of nitro benzene ring substituents is 1. The number of hydrogen-bond donors (Lipinski definition) is 1. The number of carboxylic acids is 1. The molecule has 0 saturated carbocycles. The van der Waals surface area contributed by atoms with Gasteiger partial charge in [-0.15, -0.1) is 0 Å². The molecule has 12 heteroatoms. The SMILES string of the molecule is CC(C)c1nc2ccc(Br)cc2c(=O)n1N=Cc1cc(Cl)c(O[C@@H](C)C(=O)O)c([N+](=O)[O-])c1. The van der Waals surface area contributed by atoms with E-state index < -0.39 is 28.2 Å². The Kier molecular flexibility index (Phi) is 7.13. The highest BCUT2D eigenvalue weighted by molar-refractivity contribution is 9.10. The van der Waals surface area contributed by atoms with Crippen molar-refractivity contribution in [3.8, 4) is 5.75 Å². The summed E-state index contributed by atoms with van der Waals surface area (Å²) in [5.41, 5.74) is -0.213. The van der Waals surface area contributed by atoms with Crippen molar-refractivity contribution in [3.05, 3.63) is 71.7 Å². The molecule has 0 bridgehead atoms. The number of rotatable bonds is 7. The molecular formula is C21H18BrClN4O6. The molecule has 0 aliphatic heterocycles. The molecule has 1 heterocycles. The van der Waals surface area contributed by atoms with Crippen molar-refractivity contribution >= 4 is 56.3 Å². The van der Waals surface area contributed by atoms with Crippen LogP contribution in [-0.2, 0) is 4.79 Å². The van der Waals surface area contributed by atoms with Crippen LogP contribution >= 0.6 is 27.5 Å². The van der Waals surface area contributed by atoms with Crippen LogP contribution < -0.4 is 10.3 Å². The van der Waals surface area contributed by atoms with Crippen molar-refractivity contribution in [3.63, 3.8) is 0 Å². The summed E-state index contributed by atoms with van der Waals surface area (Å²) in [5, 5.41) is 25.0. The Bertz CT molecular complexity index is 1350. The third kappa shape index (κ3) is 5.20. The molecule has 1 aromatic heterocycles. The van der Waals surface area contributed by atoms with Gasteiger partial charge in [-0.2, -0.15) is 9.78 Å². The third-order valence-electron chi connectivity index (χ3n) is 4.56. The average molecular weight is 538 g/mol. The molecule has 1 N–H and O–H groups in total. The van der Waals surface area contributed by atoms with E-state index in [1.165, 1.54) is 19.2 Å². The second-order valence-electron chi connectivity index (χ2n) is 7.35. The maximum absolute atomic E-state index is 13.1. The van der Waals surface area contributed by atoms with E-state index in [1.807, 2.05) is 13.8 Å². The lowest BCUT2D eigenvalue weighted by molar-refractivity contribution is -0.386. The Morgan fingerprint density at radius 1 is 1.33 bits per heavy atom. The summed E-state index contributed by atoms with van der Waals surface area (Å²) in [5.74, 6) is -1.41. The second kappa shape index (κ2) is 9.67. The first-order valence-electron chi connectivity index (χ1n) is 9.63. The number of ether oxygens (including phenoxy) is 1. The topological polar surface area (TPSA) is 137 Å². The number of benzene rings is 2. The Morgan fingerprint density at radius 3 is 2.64 bits per heavy atom. The van der Waals surface area contributed by atoms with Gasteiger partial charge in [0, 0.05) is 22.0 Å². The molecule has 0 fully saturated rings. The molecule has 0 spiro atoms. The minimum atomic E-state index is -1.35. The van der Waals surface area contributed by atoms with Gasteiger partial charge in [0.15, 0.2) is 6.10 Å². The lowest BCUT2D eigenvalue weighted by atomic mass is 10.2. The minimum Gasteiger partial charge on any atom is -0.479 e. The number of nitrogens with zero attached hydrogens (tertiary/aromatic N) is 4. The fourth-order valence-corrected chi connectivity index (χ4v) is 3.56. The van der Waals surface area contributed by atoms with Crippen LogP contribution in [-0.4, -0.2) is 38.0 Å². The number of carboxylic acid groups (broad SMARTS) is 1.